The first-order valence-electron chi connectivity index (χ1n) is 8.81. The van der Waals surface area contributed by atoms with Gasteiger partial charge in [0.15, 0.2) is 0 Å². The third-order valence-electron chi connectivity index (χ3n) is 3.65. The molecule has 0 bridgehead atoms. The van der Waals surface area contributed by atoms with Gasteiger partial charge in [0.05, 0.1) is 0 Å². The van der Waals surface area contributed by atoms with Gasteiger partial charge in [-0.25, -0.2) is 4.79 Å². The quantitative estimate of drug-likeness (QED) is 0.219. The Morgan fingerprint density at radius 1 is 0.714 bits per heavy atom. The highest BCUT2D eigenvalue weighted by Gasteiger charge is 1.91. The molecule has 0 saturated heterocycles. The molecule has 21 heavy (non-hydrogen) atoms. The van der Waals surface area contributed by atoms with Crippen LogP contribution in [-0.4, -0.2) is 11.1 Å². The van der Waals surface area contributed by atoms with Crippen molar-refractivity contribution in [2.24, 2.45) is 0 Å². The Bertz CT molecular complexity index is 279. The van der Waals surface area contributed by atoms with Crippen LogP contribution in [0, 0.1) is 0 Å². The number of unbranched alkanes of at least 4 members (excludes halogenated alkanes) is 11. The van der Waals surface area contributed by atoms with Crippen LogP contribution < -0.4 is 0 Å². The van der Waals surface area contributed by atoms with Crippen LogP contribution in [0.5, 0.6) is 0 Å². The van der Waals surface area contributed by atoms with Crippen molar-refractivity contribution in [2.75, 3.05) is 0 Å². The van der Waals surface area contributed by atoms with E-state index in [1.165, 1.54) is 76.7 Å². The molecule has 122 valence electrons. The Kier molecular flexibility index (Phi) is 16.2. The summed E-state index contributed by atoms with van der Waals surface area (Å²) in [5.41, 5.74) is 0. The molecule has 0 unspecified atom stereocenters. The number of allylic oxidation sites excluding steroid dienone is 3. The van der Waals surface area contributed by atoms with E-state index in [1.54, 1.807) is 6.08 Å². The molecule has 0 spiro atoms. The van der Waals surface area contributed by atoms with Crippen molar-refractivity contribution in [2.45, 2.75) is 90.4 Å². The zero-order valence-electron chi connectivity index (χ0n) is 13.9. The maximum absolute atomic E-state index is 10.2. The largest absolute Gasteiger partial charge is 0.478 e. The lowest BCUT2D eigenvalue weighted by Crippen LogP contribution is -1.85. The van der Waals surface area contributed by atoms with Gasteiger partial charge in [-0.15, -0.1) is 0 Å². The van der Waals surface area contributed by atoms with Gasteiger partial charge in [0.25, 0.3) is 0 Å². The fourth-order valence-corrected chi connectivity index (χ4v) is 2.36. The minimum atomic E-state index is -0.857. The topological polar surface area (TPSA) is 37.3 Å². The average molecular weight is 294 g/mol. The number of hydrogen-bond donors (Lipinski definition) is 1. The second-order valence-corrected chi connectivity index (χ2v) is 5.76. The third kappa shape index (κ3) is 18.9. The molecule has 0 radical (unpaired) electrons. The van der Waals surface area contributed by atoms with Gasteiger partial charge >= 0.3 is 5.97 Å². The first-order valence-corrected chi connectivity index (χ1v) is 8.81. The molecule has 0 amide bonds. The molecule has 0 aromatic rings. The highest BCUT2D eigenvalue weighted by molar-refractivity contribution is 5.79. The van der Waals surface area contributed by atoms with Crippen molar-refractivity contribution in [1.29, 1.82) is 0 Å². The van der Waals surface area contributed by atoms with Gasteiger partial charge in [0.2, 0.25) is 0 Å². The van der Waals surface area contributed by atoms with Crippen molar-refractivity contribution in [3.63, 3.8) is 0 Å². The van der Waals surface area contributed by atoms with E-state index in [4.69, 9.17) is 5.11 Å². The van der Waals surface area contributed by atoms with E-state index >= 15 is 0 Å². The second kappa shape index (κ2) is 17.0. The molecule has 0 saturated carbocycles. The van der Waals surface area contributed by atoms with E-state index in [0.717, 1.165) is 12.8 Å². The van der Waals surface area contributed by atoms with E-state index in [1.807, 2.05) is 0 Å². The first-order chi connectivity index (χ1) is 10.3. The number of carboxylic acids is 1. The molecule has 0 aliphatic heterocycles. The summed E-state index contributed by atoms with van der Waals surface area (Å²) in [5, 5.41) is 8.42. The summed E-state index contributed by atoms with van der Waals surface area (Å²) in [7, 11) is 0. The summed E-state index contributed by atoms with van der Waals surface area (Å²) >= 11 is 0. The van der Waals surface area contributed by atoms with Gasteiger partial charge in [-0.05, 0) is 25.7 Å². The van der Waals surface area contributed by atoms with E-state index in [-0.39, 0.29) is 0 Å². The Hall–Kier alpha value is -1.05. The number of hydrogen-bond acceptors (Lipinski definition) is 1. The van der Waals surface area contributed by atoms with Crippen LogP contribution in [0.3, 0.4) is 0 Å². The lowest BCUT2D eigenvalue weighted by atomic mass is 10.1. The summed E-state index contributed by atoms with van der Waals surface area (Å²) in [5.74, 6) is -0.857. The van der Waals surface area contributed by atoms with E-state index < -0.39 is 5.97 Å². The maximum Gasteiger partial charge on any atom is 0.327 e. The molecule has 2 nitrogen and oxygen atoms in total. The predicted molar refractivity (Wildman–Crippen MR) is 91.6 cm³/mol. The van der Waals surface area contributed by atoms with Crippen molar-refractivity contribution in [3.05, 3.63) is 24.3 Å². The fourth-order valence-electron chi connectivity index (χ4n) is 2.36. The molecule has 0 atom stereocenters. The molecule has 0 aromatic carbocycles. The zero-order valence-corrected chi connectivity index (χ0v) is 13.9. The standard InChI is InChI=1S/C19H34O2/c1-2-3-4-5-6-7-8-9-10-11-12-13-14-15-16-17-18-19(20)21/h13-14,17-18H,2-12,15-16H2,1H3,(H,20,21). The van der Waals surface area contributed by atoms with Crippen LogP contribution in [0.4, 0.5) is 0 Å². The lowest BCUT2D eigenvalue weighted by molar-refractivity contribution is -0.131. The first kappa shape index (κ1) is 19.9. The predicted octanol–water partition coefficient (Wildman–Crippen LogP) is 6.27. The number of carbonyl (C=O) groups is 1. The molecule has 0 aromatic heterocycles. The molecule has 0 aliphatic rings. The lowest BCUT2D eigenvalue weighted by Gasteiger charge is -2.01. The highest BCUT2D eigenvalue weighted by Crippen LogP contribution is 2.11. The van der Waals surface area contributed by atoms with Crippen LogP contribution in [0.1, 0.15) is 90.4 Å². The van der Waals surface area contributed by atoms with Gasteiger partial charge < -0.3 is 5.11 Å². The summed E-state index contributed by atoms with van der Waals surface area (Å²) in [6, 6.07) is 0. The summed E-state index contributed by atoms with van der Waals surface area (Å²) in [6.45, 7) is 2.27. The Balaban J connectivity index is 3.13. The number of rotatable bonds is 15. The number of aliphatic carboxylic acids is 1. The third-order valence-corrected chi connectivity index (χ3v) is 3.65. The van der Waals surface area contributed by atoms with Gasteiger partial charge in [-0.1, -0.05) is 82.9 Å². The monoisotopic (exact) mass is 294 g/mol. The zero-order chi connectivity index (χ0) is 15.6. The minimum absolute atomic E-state index is 0.820. The highest BCUT2D eigenvalue weighted by atomic mass is 16.4. The van der Waals surface area contributed by atoms with E-state index in [2.05, 4.69) is 19.1 Å². The SMILES string of the molecule is CCCCCCCCCCCCC=CCCC=CC(=O)O. The van der Waals surface area contributed by atoms with Gasteiger partial charge in [-0.2, -0.15) is 0 Å². The molecule has 1 N–H and O–H groups in total. The van der Waals surface area contributed by atoms with Crippen molar-refractivity contribution in [3.8, 4) is 0 Å². The fraction of sp³-hybridized carbons (Fsp3) is 0.737. The van der Waals surface area contributed by atoms with Crippen LogP contribution in [0.15, 0.2) is 24.3 Å². The Labute approximate surface area is 131 Å². The van der Waals surface area contributed by atoms with Crippen molar-refractivity contribution >= 4 is 5.97 Å². The molecular formula is C19H34O2. The van der Waals surface area contributed by atoms with Gasteiger partial charge in [0, 0.05) is 6.08 Å². The summed E-state index contributed by atoms with van der Waals surface area (Å²) in [4.78, 5) is 10.2. The van der Waals surface area contributed by atoms with Crippen LogP contribution >= 0.6 is 0 Å². The Morgan fingerprint density at radius 3 is 1.76 bits per heavy atom. The van der Waals surface area contributed by atoms with Crippen LogP contribution in [0.2, 0.25) is 0 Å². The Morgan fingerprint density at radius 2 is 1.19 bits per heavy atom. The molecule has 0 rings (SSSR count). The van der Waals surface area contributed by atoms with Crippen molar-refractivity contribution in [1.82, 2.24) is 0 Å². The minimum Gasteiger partial charge on any atom is -0.478 e. The van der Waals surface area contributed by atoms with Gasteiger partial charge in [0.1, 0.15) is 0 Å². The molecule has 2 heteroatoms. The average Bonchev–Trinajstić information content (AvgIpc) is 2.46. The second-order valence-electron chi connectivity index (χ2n) is 5.76. The van der Waals surface area contributed by atoms with E-state index in [0.29, 0.717) is 0 Å². The van der Waals surface area contributed by atoms with Crippen LogP contribution in [0.25, 0.3) is 0 Å². The molecule has 0 heterocycles. The molecular weight excluding hydrogens is 260 g/mol. The van der Waals surface area contributed by atoms with Gasteiger partial charge in [-0.3, -0.25) is 0 Å². The smallest absolute Gasteiger partial charge is 0.327 e. The molecule has 0 aliphatic carbocycles. The van der Waals surface area contributed by atoms with E-state index in [9.17, 15) is 4.79 Å². The summed E-state index contributed by atoms with van der Waals surface area (Å²) in [6.07, 6.45) is 24.1. The van der Waals surface area contributed by atoms with Crippen LogP contribution in [-0.2, 0) is 4.79 Å². The number of carboxylic acid groups (broad SMARTS) is 1. The van der Waals surface area contributed by atoms with Crippen molar-refractivity contribution < 1.29 is 9.90 Å². The maximum atomic E-state index is 10.2. The summed E-state index contributed by atoms with van der Waals surface area (Å²) < 4.78 is 0. The normalized spacial score (nSPS) is 11.7. The molecule has 0 fully saturated rings.